The van der Waals surface area contributed by atoms with Crippen LogP contribution in [0.25, 0.3) is 43.2 Å². The fraction of sp³-hybridized carbons (Fsp3) is 0. The molecule has 21 nitrogen and oxygen atoms in total. The highest BCUT2D eigenvalue weighted by atomic mass is 32.2. The third-order valence-electron chi connectivity index (χ3n) is 9.48. The van der Waals surface area contributed by atoms with Gasteiger partial charge in [-0.3, -0.25) is 18.6 Å². The number of azo groups is 3. The molecule has 0 unspecified atom stereocenters. The number of fused-ring (bicyclic) bond motifs is 4. The summed E-state index contributed by atoms with van der Waals surface area (Å²) in [5.74, 6) is -0.615. The molecule has 0 aliphatic rings. The van der Waals surface area contributed by atoms with E-state index < -0.39 is 56.5 Å². The van der Waals surface area contributed by atoms with Crippen molar-refractivity contribution in [1.29, 1.82) is 0 Å². The van der Waals surface area contributed by atoms with Crippen LogP contribution < -0.4 is 5.73 Å². The van der Waals surface area contributed by atoms with Gasteiger partial charge in [-0.05, 0) is 96.4 Å². The monoisotopic (exact) mass is 942 g/mol. The Labute approximate surface area is 364 Å². The summed E-state index contributed by atoms with van der Waals surface area (Å²) >= 11 is 0.321. The molecule has 0 atom stereocenters. The zero-order valence-corrected chi connectivity index (χ0v) is 35.1. The van der Waals surface area contributed by atoms with E-state index in [4.69, 9.17) is 11.0 Å². The summed E-state index contributed by atoms with van der Waals surface area (Å²) in [7, 11) is -14.2. The molecule has 0 aliphatic heterocycles. The molecule has 0 bridgehead atoms. The number of rotatable bonds is 12. The zero-order chi connectivity index (χ0) is 45.6. The molecule has 7 aromatic carbocycles. The lowest BCUT2D eigenvalue weighted by atomic mass is 10.1. The average molecular weight is 943 g/mol. The van der Waals surface area contributed by atoms with Gasteiger partial charge in [-0.25, -0.2) is 5.26 Å². The number of phenolic OH excluding ortho intramolecular Hbond substituents is 1. The van der Waals surface area contributed by atoms with Gasteiger partial charge in [0.25, 0.3) is 30.4 Å². The van der Waals surface area contributed by atoms with Crippen LogP contribution in [0.2, 0.25) is 0 Å². The Hall–Kier alpha value is -6.91. The second kappa shape index (κ2) is 17.0. The molecule has 64 heavy (non-hydrogen) atoms. The first-order valence-corrected chi connectivity index (χ1v) is 22.9. The van der Waals surface area contributed by atoms with Gasteiger partial charge in [0.05, 0.1) is 66.4 Å². The summed E-state index contributed by atoms with van der Waals surface area (Å²) in [6.07, 6.45) is 1.67. The van der Waals surface area contributed by atoms with Gasteiger partial charge < -0.3 is 10.8 Å². The Kier molecular flexibility index (Phi) is 11.6. The minimum absolute atomic E-state index is 0.0280. The first kappa shape index (κ1) is 43.7. The van der Waals surface area contributed by atoms with Gasteiger partial charge in [0.15, 0.2) is 5.75 Å². The first-order chi connectivity index (χ1) is 30.4. The van der Waals surface area contributed by atoms with E-state index in [1.165, 1.54) is 48.5 Å². The molecule has 8 aromatic rings. The van der Waals surface area contributed by atoms with Crippen LogP contribution in [0.4, 0.5) is 39.8 Å². The molecule has 0 amide bonds. The van der Waals surface area contributed by atoms with Crippen molar-refractivity contribution in [2.45, 2.75) is 19.6 Å². The van der Waals surface area contributed by atoms with Crippen molar-refractivity contribution in [3.8, 4) is 5.75 Å². The maximum absolute atomic E-state index is 12.3. The second-order valence-electron chi connectivity index (χ2n) is 13.4. The van der Waals surface area contributed by atoms with E-state index in [9.17, 15) is 44.0 Å². The number of aromatic hydroxyl groups is 1. The van der Waals surface area contributed by atoms with Gasteiger partial charge in [0, 0.05) is 38.5 Å². The molecule has 1 heterocycles. The highest BCUT2D eigenvalue weighted by Crippen LogP contribution is 2.46. The topological polar surface area (TPSA) is 335 Å². The number of nitrogen functional groups attached to an aromatic ring is 1. The van der Waals surface area contributed by atoms with Crippen molar-refractivity contribution in [2.75, 3.05) is 5.73 Å². The summed E-state index contributed by atoms with van der Waals surface area (Å²) in [6.45, 7) is 0. The molecule has 0 fully saturated rings. The van der Waals surface area contributed by atoms with Crippen LogP contribution >= 0.6 is 12.0 Å². The van der Waals surface area contributed by atoms with Gasteiger partial charge in [-0.1, -0.05) is 23.2 Å². The van der Waals surface area contributed by atoms with E-state index >= 15 is 0 Å². The molecule has 0 saturated carbocycles. The van der Waals surface area contributed by atoms with E-state index in [2.05, 4.69) is 45.0 Å². The van der Waals surface area contributed by atoms with Crippen molar-refractivity contribution in [2.24, 2.45) is 30.7 Å². The summed E-state index contributed by atoms with van der Waals surface area (Å²) in [5.41, 5.74) is 6.89. The van der Waals surface area contributed by atoms with Crippen LogP contribution in [0.1, 0.15) is 0 Å². The highest BCUT2D eigenvalue weighted by molar-refractivity contribution is 7.94. The molecule has 0 radical (unpaired) electrons. The van der Waals surface area contributed by atoms with Crippen molar-refractivity contribution >= 4 is 125 Å². The van der Waals surface area contributed by atoms with Crippen LogP contribution in [0.5, 0.6) is 5.75 Å². The summed E-state index contributed by atoms with van der Waals surface area (Å²) < 4.78 is 107. The van der Waals surface area contributed by atoms with Gasteiger partial charge in [0.1, 0.15) is 10.6 Å². The van der Waals surface area contributed by atoms with Crippen LogP contribution in [0.3, 0.4) is 0 Å². The first-order valence-electron chi connectivity index (χ1n) is 17.8. The van der Waals surface area contributed by atoms with Gasteiger partial charge in [0.2, 0.25) is 0 Å². The predicted octanol–water partition coefficient (Wildman–Crippen LogP) is 10.4. The second-order valence-corrected chi connectivity index (χ2v) is 18.4. The normalized spacial score (nSPS) is 12.9. The predicted molar refractivity (Wildman–Crippen MR) is 232 cm³/mol. The average Bonchev–Trinajstić information content (AvgIpc) is 3.25. The van der Waals surface area contributed by atoms with Crippen molar-refractivity contribution in [3.05, 3.63) is 115 Å². The number of phenols is 1. The Morgan fingerprint density at radius 2 is 1.12 bits per heavy atom. The number of nitrogens with zero attached hydrogens (tertiary/aromatic N) is 7. The molecule has 7 N–H and O–H groups in total. The van der Waals surface area contributed by atoms with E-state index in [-0.39, 0.29) is 54.6 Å². The Morgan fingerprint density at radius 3 is 1.69 bits per heavy atom. The zero-order valence-electron chi connectivity index (χ0n) is 31.8. The lowest BCUT2D eigenvalue weighted by Crippen LogP contribution is -2.03. The molecular formula is C39H26N8O13S4. The maximum Gasteiger partial charge on any atom is 0.296 e. The SMILES string of the molecule is Nc1cc2c(O)c(/N=N/c3ccc(/N=N/c4ccc(/N=N/c5ccc6ncccc6c5)c5ccc(S(=O)(=O)O)cc45)c4ccc(S(=O)(=O)O)cc34)c(SOOO)cc2cc1S(=O)(=O)O. The highest BCUT2D eigenvalue weighted by Gasteiger charge is 2.22. The lowest BCUT2D eigenvalue weighted by Gasteiger charge is -2.12. The van der Waals surface area contributed by atoms with Gasteiger partial charge in [-0.2, -0.15) is 30.4 Å². The molecule has 25 heteroatoms. The summed E-state index contributed by atoms with van der Waals surface area (Å²) in [4.78, 5) is 2.55. The molecule has 8 rings (SSSR count). The number of benzene rings is 7. The van der Waals surface area contributed by atoms with Crippen LogP contribution in [0.15, 0.2) is 166 Å². The van der Waals surface area contributed by atoms with Crippen LogP contribution in [0, 0.1) is 0 Å². The van der Waals surface area contributed by atoms with E-state index in [1.54, 1.807) is 36.5 Å². The number of pyridine rings is 1. The van der Waals surface area contributed by atoms with E-state index in [0.717, 1.165) is 35.2 Å². The van der Waals surface area contributed by atoms with Crippen molar-refractivity contribution < 1.29 is 58.6 Å². The smallest absolute Gasteiger partial charge is 0.296 e. The van der Waals surface area contributed by atoms with Crippen molar-refractivity contribution in [3.63, 3.8) is 0 Å². The summed E-state index contributed by atoms with van der Waals surface area (Å²) in [6, 6.07) is 25.4. The molecule has 1 aromatic heterocycles. The standard InChI is InChI=1S/C39H26N8O13S4/c40-30-19-27-21(16-37(30)64(56,57)58)15-36(61-60-59-49)38(39(27)48)47-46-35-12-10-33(26-7-5-24(18-29(26)35)63(53,54)55)44-45-34-11-9-32(25-6-4-23(17-28(25)34)62(50,51)52)43-42-22-3-8-31-20(14-22)2-1-13-41-31/h1-19,48-49H,40H2,(H,50,51,52)(H,53,54,55)(H,56,57,58)/b43-42+,45-44+,47-46+. The summed E-state index contributed by atoms with van der Waals surface area (Å²) in [5, 5.41) is 51.3. The number of hydrogen-bond acceptors (Lipinski definition) is 19. The fourth-order valence-corrected chi connectivity index (χ4v) is 8.68. The molecule has 0 aliphatic carbocycles. The lowest BCUT2D eigenvalue weighted by molar-refractivity contribution is -0.432. The Morgan fingerprint density at radius 1 is 0.562 bits per heavy atom. The molecule has 0 spiro atoms. The minimum atomic E-state index is -4.78. The van der Waals surface area contributed by atoms with Crippen molar-refractivity contribution in [1.82, 2.24) is 4.98 Å². The Bertz CT molecular complexity index is 3690. The fourth-order valence-electron chi connectivity index (χ4n) is 6.54. The third-order valence-corrected chi connectivity index (χ3v) is 12.7. The largest absolute Gasteiger partial charge is 0.505 e. The third kappa shape index (κ3) is 8.96. The van der Waals surface area contributed by atoms with E-state index in [0.29, 0.717) is 28.8 Å². The van der Waals surface area contributed by atoms with Crippen LogP contribution in [-0.4, -0.2) is 54.3 Å². The Balaban J connectivity index is 1.22. The van der Waals surface area contributed by atoms with Crippen LogP contribution in [-0.2, 0) is 39.7 Å². The quantitative estimate of drug-likeness (QED) is 0.0165. The molecular weight excluding hydrogens is 917 g/mol. The van der Waals surface area contributed by atoms with Gasteiger partial charge >= 0.3 is 0 Å². The molecule has 0 saturated heterocycles. The minimum Gasteiger partial charge on any atom is -0.505 e. The number of anilines is 1. The molecule has 324 valence electrons. The van der Waals surface area contributed by atoms with Gasteiger partial charge in [-0.15, -0.1) is 29.9 Å². The number of hydrogen-bond donors (Lipinski definition) is 6. The number of nitrogens with two attached hydrogens (primary N) is 1. The van der Waals surface area contributed by atoms with E-state index in [1.807, 2.05) is 6.07 Å². The number of aromatic nitrogens is 1. The maximum atomic E-state index is 12.3.